The second-order valence-electron chi connectivity index (χ2n) is 4.34. The van der Waals surface area contributed by atoms with Crippen molar-refractivity contribution in [1.82, 2.24) is 0 Å². The standard InChI is InChI=1S/C16H14O6/c1-2-13(17)22-8-7-21-12-9-10-5-3-4-6-11(10)14(15(12)18)16(19)20/h2-6,9,18H,1,7-8H2,(H,19,20). The first kappa shape index (κ1) is 15.4. The van der Waals surface area contributed by atoms with Crippen LogP contribution < -0.4 is 4.74 Å². The second-order valence-corrected chi connectivity index (χ2v) is 4.34. The van der Waals surface area contributed by atoms with Crippen LogP contribution in [0.4, 0.5) is 0 Å². The average Bonchev–Trinajstić information content (AvgIpc) is 2.51. The molecule has 6 nitrogen and oxygen atoms in total. The third-order valence-corrected chi connectivity index (χ3v) is 2.95. The average molecular weight is 302 g/mol. The van der Waals surface area contributed by atoms with Gasteiger partial charge in [0.15, 0.2) is 11.5 Å². The molecule has 0 atom stereocenters. The van der Waals surface area contributed by atoms with Crippen LogP contribution in [0.1, 0.15) is 10.4 Å². The molecule has 2 aromatic rings. The Balaban J connectivity index is 2.26. The van der Waals surface area contributed by atoms with Crippen LogP contribution in [0.3, 0.4) is 0 Å². The van der Waals surface area contributed by atoms with Gasteiger partial charge in [-0.05, 0) is 11.5 Å². The summed E-state index contributed by atoms with van der Waals surface area (Å²) in [7, 11) is 0. The van der Waals surface area contributed by atoms with Gasteiger partial charge in [0.25, 0.3) is 0 Å². The van der Waals surface area contributed by atoms with Gasteiger partial charge in [-0.15, -0.1) is 0 Å². The summed E-state index contributed by atoms with van der Waals surface area (Å²) in [6.07, 6.45) is 1.02. The van der Waals surface area contributed by atoms with E-state index in [4.69, 9.17) is 9.47 Å². The Morgan fingerprint density at radius 2 is 1.95 bits per heavy atom. The first-order chi connectivity index (χ1) is 10.5. The van der Waals surface area contributed by atoms with Gasteiger partial charge in [0.2, 0.25) is 0 Å². The third-order valence-electron chi connectivity index (χ3n) is 2.95. The zero-order chi connectivity index (χ0) is 16.1. The molecule has 2 aromatic carbocycles. The van der Waals surface area contributed by atoms with Crippen molar-refractivity contribution < 1.29 is 29.3 Å². The number of carboxylic acids is 1. The summed E-state index contributed by atoms with van der Waals surface area (Å²) in [6.45, 7) is 3.19. The number of hydrogen-bond donors (Lipinski definition) is 2. The number of carbonyl (C=O) groups is 2. The summed E-state index contributed by atoms with van der Waals surface area (Å²) in [5.41, 5.74) is -0.226. The van der Waals surface area contributed by atoms with Gasteiger partial charge in [0.1, 0.15) is 18.8 Å². The maximum absolute atomic E-state index is 11.4. The molecule has 0 radical (unpaired) electrons. The van der Waals surface area contributed by atoms with Crippen molar-refractivity contribution in [3.63, 3.8) is 0 Å². The number of hydrogen-bond acceptors (Lipinski definition) is 5. The molecular weight excluding hydrogens is 288 g/mol. The summed E-state index contributed by atoms with van der Waals surface area (Å²) in [4.78, 5) is 22.2. The van der Waals surface area contributed by atoms with E-state index in [2.05, 4.69) is 6.58 Å². The van der Waals surface area contributed by atoms with Gasteiger partial charge < -0.3 is 19.7 Å². The Morgan fingerprint density at radius 1 is 1.23 bits per heavy atom. The zero-order valence-corrected chi connectivity index (χ0v) is 11.6. The minimum Gasteiger partial charge on any atom is -0.504 e. The number of esters is 1. The second kappa shape index (κ2) is 6.62. The van der Waals surface area contributed by atoms with Gasteiger partial charge >= 0.3 is 11.9 Å². The Hall–Kier alpha value is -3.02. The quantitative estimate of drug-likeness (QED) is 0.483. The van der Waals surface area contributed by atoms with Crippen LogP contribution in [0.5, 0.6) is 11.5 Å². The number of ether oxygens (including phenoxy) is 2. The fourth-order valence-corrected chi connectivity index (χ4v) is 1.99. The number of benzene rings is 2. The maximum Gasteiger partial charge on any atom is 0.340 e. The lowest BCUT2D eigenvalue weighted by molar-refractivity contribution is -0.138. The lowest BCUT2D eigenvalue weighted by Crippen LogP contribution is -2.10. The van der Waals surface area contributed by atoms with Gasteiger partial charge in [-0.2, -0.15) is 0 Å². The van der Waals surface area contributed by atoms with Crippen LogP contribution >= 0.6 is 0 Å². The van der Waals surface area contributed by atoms with Crippen molar-refractivity contribution in [2.45, 2.75) is 0 Å². The van der Waals surface area contributed by atoms with Crippen molar-refractivity contribution in [2.75, 3.05) is 13.2 Å². The van der Waals surface area contributed by atoms with Crippen LogP contribution in [0, 0.1) is 0 Å². The van der Waals surface area contributed by atoms with Crippen LogP contribution in [0.2, 0.25) is 0 Å². The Labute approximate surface area is 126 Å². The highest BCUT2D eigenvalue weighted by atomic mass is 16.6. The molecule has 0 heterocycles. The fourth-order valence-electron chi connectivity index (χ4n) is 1.99. The van der Waals surface area contributed by atoms with Crippen LogP contribution in [-0.4, -0.2) is 35.4 Å². The molecule has 114 valence electrons. The van der Waals surface area contributed by atoms with E-state index >= 15 is 0 Å². The number of carboxylic acid groups (broad SMARTS) is 1. The lowest BCUT2D eigenvalue weighted by Gasteiger charge is -2.12. The predicted molar refractivity (Wildman–Crippen MR) is 79.2 cm³/mol. The smallest absolute Gasteiger partial charge is 0.340 e. The molecule has 0 saturated heterocycles. The van der Waals surface area contributed by atoms with E-state index in [1.165, 1.54) is 6.07 Å². The summed E-state index contributed by atoms with van der Waals surface area (Å²) in [5.74, 6) is -2.28. The number of aromatic carboxylic acids is 1. The van der Waals surface area contributed by atoms with Crippen LogP contribution in [0.15, 0.2) is 43.0 Å². The van der Waals surface area contributed by atoms with E-state index < -0.39 is 17.7 Å². The molecule has 0 aliphatic heterocycles. The van der Waals surface area contributed by atoms with Crippen molar-refractivity contribution in [3.8, 4) is 11.5 Å². The molecular formula is C16H14O6. The molecule has 2 N–H and O–H groups in total. The molecule has 0 aliphatic rings. The molecule has 0 spiro atoms. The summed E-state index contributed by atoms with van der Waals surface area (Å²) in [5, 5.41) is 20.4. The molecule has 0 unspecified atom stereocenters. The van der Waals surface area contributed by atoms with Crippen molar-refractivity contribution in [2.24, 2.45) is 0 Å². The highest BCUT2D eigenvalue weighted by molar-refractivity contribution is 6.07. The Morgan fingerprint density at radius 3 is 2.64 bits per heavy atom. The monoisotopic (exact) mass is 302 g/mol. The summed E-state index contributed by atoms with van der Waals surface area (Å²) in [6, 6.07) is 8.29. The number of carbonyl (C=O) groups excluding carboxylic acids is 1. The van der Waals surface area contributed by atoms with Gasteiger partial charge in [-0.25, -0.2) is 9.59 Å². The van der Waals surface area contributed by atoms with E-state index in [-0.39, 0.29) is 24.5 Å². The number of phenols is 1. The molecule has 0 aromatic heterocycles. The molecule has 0 fully saturated rings. The third kappa shape index (κ3) is 3.17. The van der Waals surface area contributed by atoms with E-state index in [0.717, 1.165) is 6.08 Å². The largest absolute Gasteiger partial charge is 0.504 e. The van der Waals surface area contributed by atoms with Gasteiger partial charge in [0, 0.05) is 11.5 Å². The number of rotatable bonds is 6. The highest BCUT2D eigenvalue weighted by Gasteiger charge is 2.19. The Kier molecular flexibility index (Phi) is 4.63. The predicted octanol–water partition coefficient (Wildman–Crippen LogP) is 2.35. The van der Waals surface area contributed by atoms with Crippen LogP contribution in [0.25, 0.3) is 10.8 Å². The van der Waals surface area contributed by atoms with Gasteiger partial charge in [0.05, 0.1) is 0 Å². The zero-order valence-electron chi connectivity index (χ0n) is 11.6. The van der Waals surface area contributed by atoms with Gasteiger partial charge in [-0.1, -0.05) is 30.8 Å². The summed E-state index contributed by atoms with van der Waals surface area (Å²) >= 11 is 0. The molecule has 0 amide bonds. The summed E-state index contributed by atoms with van der Waals surface area (Å²) < 4.78 is 10.0. The minimum atomic E-state index is -1.25. The van der Waals surface area contributed by atoms with Crippen molar-refractivity contribution >= 4 is 22.7 Å². The minimum absolute atomic E-state index is 0.0192. The number of aromatic hydroxyl groups is 1. The van der Waals surface area contributed by atoms with Crippen LogP contribution in [-0.2, 0) is 9.53 Å². The van der Waals surface area contributed by atoms with E-state index in [1.54, 1.807) is 24.3 Å². The first-order valence-corrected chi connectivity index (χ1v) is 6.44. The van der Waals surface area contributed by atoms with E-state index in [0.29, 0.717) is 10.8 Å². The van der Waals surface area contributed by atoms with Crippen molar-refractivity contribution in [3.05, 3.63) is 48.6 Å². The normalized spacial score (nSPS) is 10.2. The molecule has 6 heteroatoms. The number of fused-ring (bicyclic) bond motifs is 1. The topological polar surface area (TPSA) is 93.1 Å². The highest BCUT2D eigenvalue weighted by Crippen LogP contribution is 2.36. The molecule has 2 rings (SSSR count). The van der Waals surface area contributed by atoms with E-state index in [9.17, 15) is 19.8 Å². The Bertz CT molecular complexity index is 735. The molecule has 22 heavy (non-hydrogen) atoms. The first-order valence-electron chi connectivity index (χ1n) is 6.44. The SMILES string of the molecule is C=CC(=O)OCCOc1cc2ccccc2c(C(=O)O)c1O. The van der Waals surface area contributed by atoms with Crippen molar-refractivity contribution in [1.29, 1.82) is 0 Å². The fraction of sp³-hybridized carbons (Fsp3) is 0.125. The van der Waals surface area contributed by atoms with E-state index in [1.807, 2.05) is 0 Å². The molecule has 0 bridgehead atoms. The maximum atomic E-state index is 11.4. The van der Waals surface area contributed by atoms with Gasteiger partial charge in [-0.3, -0.25) is 0 Å². The molecule has 0 saturated carbocycles. The molecule has 0 aliphatic carbocycles. The lowest BCUT2D eigenvalue weighted by atomic mass is 10.0.